The van der Waals surface area contributed by atoms with E-state index in [0.29, 0.717) is 0 Å². The molecule has 0 N–H and O–H groups in total. The highest BCUT2D eigenvalue weighted by Crippen LogP contribution is 1.99. The number of hydrogen-bond acceptors (Lipinski definition) is 1. The third kappa shape index (κ3) is 6.09. The zero-order valence-electron chi connectivity index (χ0n) is 4.68. The summed E-state index contributed by atoms with van der Waals surface area (Å²) in [7, 11) is 0. The van der Waals surface area contributed by atoms with Crippen molar-refractivity contribution in [3.63, 3.8) is 0 Å². The van der Waals surface area contributed by atoms with Crippen LogP contribution in [0.2, 0.25) is 0 Å². The summed E-state index contributed by atoms with van der Waals surface area (Å²) in [4.78, 5) is 0. The van der Waals surface area contributed by atoms with Crippen LogP contribution in [-0.4, -0.2) is 11.5 Å². The Morgan fingerprint density at radius 2 is 2.43 bits per heavy atom. The number of hydrogen-bond donors (Lipinski definition) is 0. The summed E-state index contributed by atoms with van der Waals surface area (Å²) < 4.78 is 0. The molecule has 0 aromatic rings. The van der Waals surface area contributed by atoms with Gasteiger partial charge in [-0.25, -0.2) is 0 Å². The molecule has 0 amide bonds. The molecule has 0 bridgehead atoms. The standard InChI is InChI=1S/C6H11S/c1-3-5-6-7-4-2/h1,3H,4-6H2,2H3. The first-order chi connectivity index (χ1) is 3.41. The van der Waals surface area contributed by atoms with Crippen molar-refractivity contribution in [2.75, 3.05) is 11.5 Å². The van der Waals surface area contributed by atoms with Crippen LogP contribution in [-0.2, 0) is 0 Å². The summed E-state index contributed by atoms with van der Waals surface area (Å²) in [5, 5.41) is 0. The summed E-state index contributed by atoms with van der Waals surface area (Å²) in [5.74, 6) is 2.38. The van der Waals surface area contributed by atoms with E-state index in [1.54, 1.807) is 6.08 Å². The van der Waals surface area contributed by atoms with Gasteiger partial charge in [0.25, 0.3) is 0 Å². The molecule has 0 atom stereocenters. The topological polar surface area (TPSA) is 0 Å². The molecule has 0 rings (SSSR count). The maximum atomic E-state index is 5.13. The largest absolute Gasteiger partial charge is 0.162 e. The molecular weight excluding hydrogens is 104 g/mol. The summed E-state index contributed by atoms with van der Waals surface area (Å²) in [6.45, 7) is 7.28. The van der Waals surface area contributed by atoms with Crippen LogP contribution in [0, 0.1) is 6.58 Å². The number of rotatable bonds is 4. The van der Waals surface area contributed by atoms with Crippen LogP contribution < -0.4 is 0 Å². The molecule has 0 aromatic carbocycles. The maximum Gasteiger partial charge on any atom is -0.00329 e. The molecule has 0 heterocycles. The first-order valence-electron chi connectivity index (χ1n) is 2.53. The normalized spacial score (nSPS) is 8.71. The third-order valence-corrected chi connectivity index (χ3v) is 1.57. The lowest BCUT2D eigenvalue weighted by Gasteiger charge is -1.88. The van der Waals surface area contributed by atoms with E-state index in [-0.39, 0.29) is 0 Å². The first kappa shape index (κ1) is 7.09. The molecule has 0 nitrogen and oxygen atoms in total. The van der Waals surface area contributed by atoms with Crippen molar-refractivity contribution < 1.29 is 0 Å². The summed E-state index contributed by atoms with van der Waals surface area (Å²) in [6.07, 6.45) is 2.75. The number of allylic oxidation sites excluding steroid dienone is 1. The van der Waals surface area contributed by atoms with E-state index >= 15 is 0 Å². The molecule has 0 aliphatic rings. The van der Waals surface area contributed by atoms with Crippen molar-refractivity contribution in [1.82, 2.24) is 0 Å². The Morgan fingerprint density at radius 3 is 2.86 bits per heavy atom. The Balaban J connectivity index is 2.56. The van der Waals surface area contributed by atoms with Crippen LogP contribution in [0.15, 0.2) is 6.08 Å². The number of thioether (sulfide) groups is 1. The molecule has 0 spiro atoms. The second-order valence-electron chi connectivity index (χ2n) is 1.22. The molecule has 0 aromatic heterocycles. The Labute approximate surface area is 50.0 Å². The Bertz CT molecular complexity index is 41.4. The van der Waals surface area contributed by atoms with Gasteiger partial charge in [-0.05, 0) is 17.9 Å². The highest BCUT2D eigenvalue weighted by molar-refractivity contribution is 7.99. The molecule has 41 valence electrons. The Kier molecular flexibility index (Phi) is 6.17. The van der Waals surface area contributed by atoms with E-state index in [9.17, 15) is 0 Å². The van der Waals surface area contributed by atoms with E-state index < -0.39 is 0 Å². The van der Waals surface area contributed by atoms with Crippen molar-refractivity contribution in [2.45, 2.75) is 13.3 Å². The van der Waals surface area contributed by atoms with Crippen molar-refractivity contribution in [1.29, 1.82) is 0 Å². The zero-order valence-corrected chi connectivity index (χ0v) is 5.50. The average Bonchev–Trinajstić information content (AvgIpc) is 1.69. The summed E-state index contributed by atoms with van der Waals surface area (Å²) >= 11 is 1.92. The minimum Gasteiger partial charge on any atom is -0.162 e. The lowest BCUT2D eigenvalue weighted by Crippen LogP contribution is -1.73. The predicted molar refractivity (Wildman–Crippen MR) is 36.5 cm³/mol. The molecular formula is C6H11S. The van der Waals surface area contributed by atoms with Crippen LogP contribution in [0.3, 0.4) is 0 Å². The zero-order chi connectivity index (χ0) is 5.54. The molecule has 0 saturated carbocycles. The SMILES string of the molecule is [CH]=CCCSCC. The molecule has 0 aliphatic carbocycles. The van der Waals surface area contributed by atoms with Gasteiger partial charge in [-0.1, -0.05) is 19.6 Å². The molecule has 1 radical (unpaired) electrons. The van der Waals surface area contributed by atoms with Gasteiger partial charge in [0, 0.05) is 0 Å². The van der Waals surface area contributed by atoms with Gasteiger partial charge in [0.15, 0.2) is 0 Å². The van der Waals surface area contributed by atoms with Crippen molar-refractivity contribution in [2.24, 2.45) is 0 Å². The highest BCUT2D eigenvalue weighted by Gasteiger charge is 1.77. The molecule has 7 heavy (non-hydrogen) atoms. The van der Waals surface area contributed by atoms with Crippen LogP contribution >= 0.6 is 11.8 Å². The van der Waals surface area contributed by atoms with E-state index in [4.69, 9.17) is 6.58 Å². The summed E-state index contributed by atoms with van der Waals surface area (Å²) in [6, 6.07) is 0. The van der Waals surface area contributed by atoms with Crippen LogP contribution in [0.4, 0.5) is 0 Å². The fourth-order valence-corrected chi connectivity index (χ4v) is 0.887. The van der Waals surface area contributed by atoms with Gasteiger partial charge < -0.3 is 0 Å². The Morgan fingerprint density at radius 1 is 1.71 bits per heavy atom. The van der Waals surface area contributed by atoms with Crippen molar-refractivity contribution >= 4 is 11.8 Å². The third-order valence-electron chi connectivity index (χ3n) is 0.633. The predicted octanol–water partition coefficient (Wildman–Crippen LogP) is 2.12. The van der Waals surface area contributed by atoms with Gasteiger partial charge in [-0.3, -0.25) is 0 Å². The quantitative estimate of drug-likeness (QED) is 0.506. The van der Waals surface area contributed by atoms with Crippen molar-refractivity contribution in [3.8, 4) is 0 Å². The van der Waals surface area contributed by atoms with E-state index in [0.717, 1.165) is 6.42 Å². The maximum absolute atomic E-state index is 5.13. The fourth-order valence-electron chi connectivity index (χ4n) is 0.296. The van der Waals surface area contributed by atoms with E-state index in [1.165, 1.54) is 11.5 Å². The van der Waals surface area contributed by atoms with Crippen LogP contribution in [0.1, 0.15) is 13.3 Å². The molecule has 0 unspecified atom stereocenters. The second-order valence-corrected chi connectivity index (χ2v) is 2.62. The lowest BCUT2D eigenvalue weighted by atomic mass is 10.5. The fraction of sp³-hybridized carbons (Fsp3) is 0.667. The Hall–Kier alpha value is 0.0900. The van der Waals surface area contributed by atoms with Crippen LogP contribution in [0.25, 0.3) is 0 Å². The van der Waals surface area contributed by atoms with Crippen molar-refractivity contribution in [3.05, 3.63) is 12.7 Å². The van der Waals surface area contributed by atoms with Gasteiger partial charge in [0.1, 0.15) is 0 Å². The lowest BCUT2D eigenvalue weighted by molar-refractivity contribution is 1.24. The highest BCUT2D eigenvalue weighted by atomic mass is 32.2. The monoisotopic (exact) mass is 115 g/mol. The molecule has 0 fully saturated rings. The van der Waals surface area contributed by atoms with Gasteiger partial charge in [0.2, 0.25) is 0 Å². The van der Waals surface area contributed by atoms with Gasteiger partial charge in [-0.2, -0.15) is 11.8 Å². The molecule has 0 aliphatic heterocycles. The second kappa shape index (κ2) is 6.09. The average molecular weight is 115 g/mol. The van der Waals surface area contributed by atoms with E-state index in [2.05, 4.69) is 6.92 Å². The van der Waals surface area contributed by atoms with Gasteiger partial charge >= 0.3 is 0 Å². The van der Waals surface area contributed by atoms with Gasteiger partial charge in [-0.15, -0.1) is 0 Å². The van der Waals surface area contributed by atoms with Crippen LogP contribution in [0.5, 0.6) is 0 Å². The minimum atomic E-state index is 1.04. The smallest absolute Gasteiger partial charge is 0.00329 e. The van der Waals surface area contributed by atoms with E-state index in [1.807, 2.05) is 11.8 Å². The molecule has 1 heteroatoms. The van der Waals surface area contributed by atoms with Gasteiger partial charge in [0.05, 0.1) is 0 Å². The first-order valence-corrected chi connectivity index (χ1v) is 3.68. The minimum absolute atomic E-state index is 1.04. The summed E-state index contributed by atoms with van der Waals surface area (Å²) in [5.41, 5.74) is 0. The molecule has 0 saturated heterocycles.